The van der Waals surface area contributed by atoms with Crippen LogP contribution in [-0.4, -0.2) is 25.2 Å². The zero-order chi connectivity index (χ0) is 11.6. The normalized spacial score (nSPS) is 34.7. The van der Waals surface area contributed by atoms with Crippen LogP contribution in [0.5, 0.6) is 0 Å². The SMILES string of the molecule is CC(CC1CCCCN1)NCC1CC1(C)C. The third kappa shape index (κ3) is 3.46. The number of nitrogens with one attached hydrogen (secondary N) is 2. The predicted octanol–water partition coefficient (Wildman–Crippen LogP) is 2.54. The summed E-state index contributed by atoms with van der Waals surface area (Å²) in [6, 6.07) is 1.44. The van der Waals surface area contributed by atoms with E-state index < -0.39 is 0 Å². The zero-order valence-electron chi connectivity index (χ0n) is 11.2. The molecule has 2 heteroatoms. The maximum absolute atomic E-state index is 3.71. The summed E-state index contributed by atoms with van der Waals surface area (Å²) in [4.78, 5) is 0. The Hall–Kier alpha value is -0.0800. The molecule has 3 unspecified atom stereocenters. The monoisotopic (exact) mass is 224 g/mol. The van der Waals surface area contributed by atoms with E-state index in [0.717, 1.165) is 12.0 Å². The molecule has 3 atom stereocenters. The molecule has 2 rings (SSSR count). The molecule has 16 heavy (non-hydrogen) atoms. The average Bonchev–Trinajstić information content (AvgIpc) is 2.85. The Bertz CT molecular complexity index is 219. The van der Waals surface area contributed by atoms with Crippen molar-refractivity contribution >= 4 is 0 Å². The largest absolute Gasteiger partial charge is 0.314 e. The number of rotatable bonds is 5. The van der Waals surface area contributed by atoms with Crippen molar-refractivity contribution in [2.45, 2.75) is 65.0 Å². The lowest BCUT2D eigenvalue weighted by atomic mass is 9.98. The molecular weight excluding hydrogens is 196 g/mol. The minimum atomic E-state index is 0.621. The minimum Gasteiger partial charge on any atom is -0.314 e. The van der Waals surface area contributed by atoms with Crippen molar-refractivity contribution < 1.29 is 0 Å². The van der Waals surface area contributed by atoms with E-state index >= 15 is 0 Å². The highest BCUT2D eigenvalue weighted by Crippen LogP contribution is 2.51. The van der Waals surface area contributed by atoms with Crippen LogP contribution in [0.25, 0.3) is 0 Å². The third-order valence-corrected chi connectivity index (χ3v) is 4.48. The summed E-state index contributed by atoms with van der Waals surface area (Å²) in [6.45, 7) is 9.55. The Morgan fingerprint density at radius 2 is 2.12 bits per heavy atom. The molecule has 0 radical (unpaired) electrons. The van der Waals surface area contributed by atoms with Crippen LogP contribution >= 0.6 is 0 Å². The van der Waals surface area contributed by atoms with E-state index in [1.54, 1.807) is 0 Å². The molecule has 1 saturated heterocycles. The van der Waals surface area contributed by atoms with Gasteiger partial charge in [0.05, 0.1) is 0 Å². The fourth-order valence-electron chi connectivity index (χ4n) is 2.90. The summed E-state index contributed by atoms with van der Waals surface area (Å²) in [7, 11) is 0. The predicted molar refractivity (Wildman–Crippen MR) is 69.6 cm³/mol. The number of hydrogen-bond donors (Lipinski definition) is 2. The molecule has 94 valence electrons. The molecule has 1 saturated carbocycles. The Morgan fingerprint density at radius 3 is 2.69 bits per heavy atom. The van der Waals surface area contributed by atoms with Crippen molar-refractivity contribution in [1.82, 2.24) is 10.6 Å². The van der Waals surface area contributed by atoms with Crippen LogP contribution < -0.4 is 10.6 Å². The van der Waals surface area contributed by atoms with Crippen LogP contribution in [0.4, 0.5) is 0 Å². The first-order chi connectivity index (χ1) is 7.58. The summed E-state index contributed by atoms with van der Waals surface area (Å²) in [5.41, 5.74) is 0.621. The van der Waals surface area contributed by atoms with Gasteiger partial charge in [-0.1, -0.05) is 20.3 Å². The highest BCUT2D eigenvalue weighted by Gasteiger charge is 2.44. The standard InChI is InChI=1S/C14H28N2/c1-11(8-13-6-4-5-7-15-13)16-10-12-9-14(12,2)3/h11-13,15-16H,4-10H2,1-3H3. The van der Waals surface area contributed by atoms with Crippen molar-refractivity contribution in [3.8, 4) is 0 Å². The first-order valence-corrected chi connectivity index (χ1v) is 7.05. The maximum atomic E-state index is 3.71. The molecule has 0 bridgehead atoms. The fraction of sp³-hybridized carbons (Fsp3) is 1.00. The van der Waals surface area contributed by atoms with Gasteiger partial charge in [0.2, 0.25) is 0 Å². The van der Waals surface area contributed by atoms with Gasteiger partial charge in [0, 0.05) is 12.1 Å². The molecular formula is C14H28N2. The number of hydrogen-bond acceptors (Lipinski definition) is 2. The van der Waals surface area contributed by atoms with Gasteiger partial charge in [0.15, 0.2) is 0 Å². The first kappa shape index (κ1) is 12.4. The summed E-state index contributed by atoms with van der Waals surface area (Å²) in [5.74, 6) is 0.925. The van der Waals surface area contributed by atoms with Crippen LogP contribution in [0.15, 0.2) is 0 Å². The molecule has 2 fully saturated rings. The lowest BCUT2D eigenvalue weighted by molar-refractivity contribution is 0.340. The van der Waals surface area contributed by atoms with Gasteiger partial charge < -0.3 is 10.6 Å². The number of piperidine rings is 1. The molecule has 0 aromatic rings. The van der Waals surface area contributed by atoms with Gasteiger partial charge in [-0.25, -0.2) is 0 Å². The Balaban J connectivity index is 1.59. The quantitative estimate of drug-likeness (QED) is 0.750. The van der Waals surface area contributed by atoms with Crippen molar-refractivity contribution in [2.75, 3.05) is 13.1 Å². The van der Waals surface area contributed by atoms with Crippen molar-refractivity contribution in [1.29, 1.82) is 0 Å². The van der Waals surface area contributed by atoms with Gasteiger partial charge in [-0.2, -0.15) is 0 Å². The Morgan fingerprint density at radius 1 is 1.38 bits per heavy atom. The molecule has 1 aliphatic carbocycles. The van der Waals surface area contributed by atoms with Gasteiger partial charge in [0.1, 0.15) is 0 Å². The molecule has 0 amide bonds. The second-order valence-corrected chi connectivity index (χ2v) is 6.58. The van der Waals surface area contributed by atoms with E-state index in [4.69, 9.17) is 0 Å². The lowest BCUT2D eigenvalue weighted by Crippen LogP contribution is -2.40. The zero-order valence-corrected chi connectivity index (χ0v) is 11.2. The van der Waals surface area contributed by atoms with Crippen molar-refractivity contribution in [2.24, 2.45) is 11.3 Å². The molecule has 2 aliphatic rings. The van der Waals surface area contributed by atoms with Gasteiger partial charge in [-0.05, 0) is 57.0 Å². The summed E-state index contributed by atoms with van der Waals surface area (Å²) in [6.07, 6.45) is 6.87. The molecule has 2 N–H and O–H groups in total. The van der Waals surface area contributed by atoms with E-state index in [0.29, 0.717) is 11.5 Å². The highest BCUT2D eigenvalue weighted by atomic mass is 15.0. The van der Waals surface area contributed by atoms with E-state index in [1.807, 2.05) is 0 Å². The van der Waals surface area contributed by atoms with E-state index in [1.165, 1.54) is 45.2 Å². The second-order valence-electron chi connectivity index (χ2n) is 6.58. The Kier molecular flexibility index (Phi) is 3.91. The molecule has 0 aromatic carbocycles. The van der Waals surface area contributed by atoms with Crippen molar-refractivity contribution in [3.63, 3.8) is 0 Å². The van der Waals surface area contributed by atoms with Gasteiger partial charge in [0.25, 0.3) is 0 Å². The van der Waals surface area contributed by atoms with Crippen LogP contribution in [0.3, 0.4) is 0 Å². The topological polar surface area (TPSA) is 24.1 Å². The third-order valence-electron chi connectivity index (χ3n) is 4.48. The molecule has 2 nitrogen and oxygen atoms in total. The molecule has 1 aliphatic heterocycles. The van der Waals surface area contributed by atoms with Gasteiger partial charge in [-0.15, -0.1) is 0 Å². The van der Waals surface area contributed by atoms with E-state index in [-0.39, 0.29) is 0 Å². The van der Waals surface area contributed by atoms with Crippen LogP contribution in [0, 0.1) is 11.3 Å². The maximum Gasteiger partial charge on any atom is 0.00817 e. The lowest BCUT2D eigenvalue weighted by Gasteiger charge is -2.26. The molecule has 1 heterocycles. The van der Waals surface area contributed by atoms with E-state index in [2.05, 4.69) is 31.4 Å². The Labute approximate surface area is 101 Å². The summed E-state index contributed by atoms with van der Waals surface area (Å²) >= 11 is 0. The molecule has 0 spiro atoms. The summed E-state index contributed by atoms with van der Waals surface area (Å²) in [5, 5.41) is 7.34. The first-order valence-electron chi connectivity index (χ1n) is 7.05. The summed E-state index contributed by atoms with van der Waals surface area (Å²) < 4.78 is 0. The second kappa shape index (κ2) is 5.05. The minimum absolute atomic E-state index is 0.621. The highest BCUT2D eigenvalue weighted by molar-refractivity contribution is 4.96. The van der Waals surface area contributed by atoms with Crippen molar-refractivity contribution in [3.05, 3.63) is 0 Å². The van der Waals surface area contributed by atoms with E-state index in [9.17, 15) is 0 Å². The van der Waals surface area contributed by atoms with Crippen LogP contribution in [-0.2, 0) is 0 Å². The fourth-order valence-corrected chi connectivity index (χ4v) is 2.90. The van der Waals surface area contributed by atoms with Gasteiger partial charge in [-0.3, -0.25) is 0 Å². The van der Waals surface area contributed by atoms with Crippen LogP contribution in [0.2, 0.25) is 0 Å². The van der Waals surface area contributed by atoms with Gasteiger partial charge >= 0.3 is 0 Å². The smallest absolute Gasteiger partial charge is 0.00817 e. The molecule has 0 aromatic heterocycles. The van der Waals surface area contributed by atoms with Crippen LogP contribution in [0.1, 0.15) is 52.9 Å². The average molecular weight is 224 g/mol.